The summed E-state index contributed by atoms with van der Waals surface area (Å²) in [6.45, 7) is 0.323. The molecule has 0 radical (unpaired) electrons. The standard InChI is InChI=1S/C6H12O6.C4H6O5.2C4H6O4.C4H4O4.C2H4O2/c7-1-3(9)5(11)6(12)4(10)2-8;5-2(4(8)9)1-3(6)7;3*5-3(6)1-2-4(7)8;1-2(3)4/h1,3-6,8-12H,2H2;2,5H,1H2,(H,6,7)(H,8,9);2*1-2H2,(H,5,6)(H,7,8);1-2H,(H,5,6)(H,7,8);1H3,(H,3,4)/t3-,4+,5+,6+;;;;;/m0...../s1. The Balaban J connectivity index is -0.000000116. The first-order valence-corrected chi connectivity index (χ1v) is 12.3. The van der Waals surface area contributed by atoms with Gasteiger partial charge < -0.3 is 81.4 Å². The molecule has 0 saturated heterocycles. The maximum Gasteiger partial charge on any atom is 0.333 e. The van der Waals surface area contributed by atoms with E-state index in [0.29, 0.717) is 12.2 Å². The van der Waals surface area contributed by atoms with Gasteiger partial charge in [-0.05, 0) is 0 Å². The molecule has 0 aliphatic rings. The second-order valence-electron chi connectivity index (χ2n) is 7.91. The zero-order chi connectivity index (χ0) is 40.4. The lowest BCUT2D eigenvalue weighted by Crippen LogP contribution is -2.46. The number of aliphatic hydroxyl groups is 6. The highest BCUT2D eigenvalue weighted by Crippen LogP contribution is 2.03. The van der Waals surface area contributed by atoms with E-state index in [-0.39, 0.29) is 32.0 Å². The molecule has 25 nitrogen and oxygen atoms in total. The monoisotopic (exact) mass is 726 g/mol. The van der Waals surface area contributed by atoms with Gasteiger partial charge in [0.05, 0.1) is 38.7 Å². The number of hydrogen-bond acceptors (Lipinski definition) is 16. The molecule has 0 fully saturated rings. The molecular weight excluding hydrogens is 688 g/mol. The van der Waals surface area contributed by atoms with Crippen LogP contribution in [-0.2, 0) is 47.9 Å². The highest BCUT2D eigenvalue weighted by molar-refractivity contribution is 5.89. The van der Waals surface area contributed by atoms with Crippen molar-refractivity contribution in [2.75, 3.05) is 6.61 Å². The molecule has 0 heterocycles. The van der Waals surface area contributed by atoms with Gasteiger partial charge in [-0.25, -0.2) is 14.4 Å². The van der Waals surface area contributed by atoms with Crippen LogP contribution in [0.4, 0.5) is 0 Å². The Bertz CT molecular complexity index is 989. The van der Waals surface area contributed by atoms with Crippen molar-refractivity contribution >= 4 is 60.0 Å². The molecule has 25 heteroatoms. The zero-order valence-electron chi connectivity index (χ0n) is 25.2. The average molecular weight is 727 g/mol. The lowest BCUT2D eigenvalue weighted by Gasteiger charge is -2.22. The molecule has 0 amide bonds. The summed E-state index contributed by atoms with van der Waals surface area (Å²) in [6, 6.07) is 0. The third kappa shape index (κ3) is 62.0. The molecule has 0 aromatic carbocycles. The summed E-state index contributed by atoms with van der Waals surface area (Å²) in [5.74, 6) is -10.5. The van der Waals surface area contributed by atoms with Crippen molar-refractivity contribution in [2.24, 2.45) is 0 Å². The summed E-state index contributed by atoms with van der Waals surface area (Å²) >= 11 is 0. The summed E-state index contributed by atoms with van der Waals surface area (Å²) < 4.78 is 0. The van der Waals surface area contributed by atoms with Crippen LogP contribution in [0, 0.1) is 0 Å². The first kappa shape index (κ1) is 55.8. The van der Waals surface area contributed by atoms with Crippen LogP contribution in [-0.4, -0.2) is 174 Å². The SMILES string of the molecule is CC(=O)O.O=C(O)C=CC(=O)O.O=C(O)CC(O)C(=O)O.O=C(O)CCC(=O)O.O=C(O)CCC(=O)O.O=C[C@H](O)[C@@H](O)[C@H](O)[C@H](O)CO. The summed E-state index contributed by atoms with van der Waals surface area (Å²) in [7, 11) is 0. The highest BCUT2D eigenvalue weighted by Gasteiger charge is 2.29. The fourth-order valence-corrected chi connectivity index (χ4v) is 1.44. The molecule has 0 aliphatic heterocycles. The molecule has 15 N–H and O–H groups in total. The van der Waals surface area contributed by atoms with Gasteiger partial charge in [0.25, 0.3) is 5.97 Å². The molecule has 1 unspecified atom stereocenters. The normalized spacial score (nSPS) is 12.3. The summed E-state index contributed by atoms with van der Waals surface area (Å²) in [6.07, 6.45) is -9.45. The molecule has 0 rings (SSSR count). The number of rotatable bonds is 16. The molecule has 0 spiro atoms. The number of carboxylic acid groups (broad SMARTS) is 9. The molecule has 0 aromatic rings. The van der Waals surface area contributed by atoms with Gasteiger partial charge >= 0.3 is 47.8 Å². The molecule has 0 aromatic heterocycles. The molecule has 0 bridgehead atoms. The number of hydrogen-bond donors (Lipinski definition) is 15. The topological polar surface area (TPSA) is 474 Å². The molecule has 284 valence electrons. The van der Waals surface area contributed by atoms with E-state index in [4.69, 9.17) is 81.4 Å². The smallest absolute Gasteiger partial charge is 0.333 e. The Morgan fingerprint density at radius 2 is 0.816 bits per heavy atom. The first-order valence-electron chi connectivity index (χ1n) is 12.3. The molecule has 49 heavy (non-hydrogen) atoms. The van der Waals surface area contributed by atoms with Crippen molar-refractivity contribution in [3.63, 3.8) is 0 Å². The van der Waals surface area contributed by atoms with Crippen LogP contribution in [0.1, 0.15) is 39.0 Å². The minimum absolute atomic E-state index is 0.0258. The van der Waals surface area contributed by atoms with Crippen molar-refractivity contribution in [3.05, 3.63) is 12.2 Å². The Morgan fingerprint density at radius 3 is 0.959 bits per heavy atom. The quantitative estimate of drug-likeness (QED) is 0.0524. The number of aliphatic carboxylic acids is 9. The molecule has 0 saturated carbocycles. The maximum absolute atomic E-state index is 9.90. The van der Waals surface area contributed by atoms with Crippen molar-refractivity contribution in [1.29, 1.82) is 0 Å². The van der Waals surface area contributed by atoms with Gasteiger partial charge in [0, 0.05) is 19.1 Å². The van der Waals surface area contributed by atoms with Crippen LogP contribution in [0.5, 0.6) is 0 Å². The zero-order valence-corrected chi connectivity index (χ0v) is 25.2. The van der Waals surface area contributed by atoms with Gasteiger partial charge in [0.1, 0.15) is 24.4 Å². The number of aliphatic hydroxyl groups excluding tert-OH is 6. The Labute approximate surface area is 273 Å². The van der Waals surface area contributed by atoms with E-state index < -0.39 is 97.3 Å². The van der Waals surface area contributed by atoms with E-state index >= 15 is 0 Å². The highest BCUT2D eigenvalue weighted by atomic mass is 16.4. The largest absolute Gasteiger partial charge is 0.481 e. The van der Waals surface area contributed by atoms with Crippen LogP contribution in [0.15, 0.2) is 12.2 Å². The van der Waals surface area contributed by atoms with Gasteiger partial charge in [-0.1, -0.05) is 0 Å². The molecule has 5 atom stereocenters. The number of carbonyl (C=O) groups excluding carboxylic acids is 1. The van der Waals surface area contributed by atoms with Crippen molar-refractivity contribution in [3.8, 4) is 0 Å². The lowest BCUT2D eigenvalue weighted by molar-refractivity contribution is -0.152. The van der Waals surface area contributed by atoms with Crippen LogP contribution < -0.4 is 0 Å². The minimum Gasteiger partial charge on any atom is -0.481 e. The van der Waals surface area contributed by atoms with Gasteiger partial charge in [0.15, 0.2) is 12.4 Å². The lowest BCUT2D eigenvalue weighted by atomic mass is 10.0. The molecular formula is C24H38O25. The van der Waals surface area contributed by atoms with Gasteiger partial charge in [-0.3, -0.25) is 28.8 Å². The number of carboxylic acids is 9. The summed E-state index contributed by atoms with van der Waals surface area (Å²) in [4.78, 5) is 96.0. The summed E-state index contributed by atoms with van der Waals surface area (Å²) in [5.41, 5.74) is 0. The first-order chi connectivity index (χ1) is 22.2. The predicted octanol–water partition coefficient (Wildman–Crippen LogP) is -4.80. The van der Waals surface area contributed by atoms with Crippen LogP contribution in [0.2, 0.25) is 0 Å². The van der Waals surface area contributed by atoms with Crippen LogP contribution in [0.25, 0.3) is 0 Å². The van der Waals surface area contributed by atoms with E-state index in [1.54, 1.807) is 0 Å². The van der Waals surface area contributed by atoms with E-state index in [1.807, 2.05) is 0 Å². The van der Waals surface area contributed by atoms with E-state index in [9.17, 15) is 43.2 Å². The van der Waals surface area contributed by atoms with Crippen LogP contribution in [0.3, 0.4) is 0 Å². The minimum atomic E-state index is -1.79. The van der Waals surface area contributed by atoms with Crippen molar-refractivity contribution in [2.45, 2.75) is 69.5 Å². The van der Waals surface area contributed by atoms with Crippen molar-refractivity contribution in [1.82, 2.24) is 0 Å². The van der Waals surface area contributed by atoms with Crippen molar-refractivity contribution < 1.29 is 125 Å². The van der Waals surface area contributed by atoms with Crippen LogP contribution >= 0.6 is 0 Å². The second-order valence-corrected chi connectivity index (χ2v) is 7.91. The fourth-order valence-electron chi connectivity index (χ4n) is 1.44. The van der Waals surface area contributed by atoms with Gasteiger partial charge in [-0.15, -0.1) is 0 Å². The summed E-state index contributed by atoms with van der Waals surface area (Å²) in [5, 5.41) is 122. The number of carbonyl (C=O) groups is 10. The average Bonchev–Trinajstić information content (AvgIpc) is 2.97. The predicted molar refractivity (Wildman–Crippen MR) is 150 cm³/mol. The Kier molecular flexibility index (Phi) is 40.1. The van der Waals surface area contributed by atoms with E-state index in [2.05, 4.69) is 0 Å². The fraction of sp³-hybridized carbons (Fsp3) is 0.500. The van der Waals surface area contributed by atoms with Gasteiger partial charge in [0.2, 0.25) is 0 Å². The third-order valence-electron chi connectivity index (χ3n) is 3.55. The third-order valence-corrected chi connectivity index (χ3v) is 3.55. The van der Waals surface area contributed by atoms with E-state index in [0.717, 1.165) is 6.92 Å². The molecule has 0 aliphatic carbocycles. The number of aldehydes is 1. The maximum atomic E-state index is 9.90. The Hall–Kier alpha value is -5.60. The second kappa shape index (κ2) is 35.3. The van der Waals surface area contributed by atoms with E-state index in [1.165, 1.54) is 0 Å². The van der Waals surface area contributed by atoms with Gasteiger partial charge in [-0.2, -0.15) is 0 Å². The Morgan fingerprint density at radius 1 is 0.531 bits per heavy atom.